The Morgan fingerprint density at radius 3 is 2.88 bits per heavy atom. The maximum atomic E-state index is 12.1. The van der Waals surface area contributed by atoms with E-state index in [1.54, 1.807) is 0 Å². The second-order valence-electron chi connectivity index (χ2n) is 4.87. The lowest BCUT2D eigenvalue weighted by Crippen LogP contribution is -2.27. The second-order valence-corrected chi connectivity index (χ2v) is 4.87. The highest BCUT2D eigenvalue weighted by molar-refractivity contribution is 5.93. The molecular weight excluding hydrogens is 202 g/mol. The molecule has 0 radical (unpaired) electrons. The van der Waals surface area contributed by atoms with E-state index in [1.807, 2.05) is 18.2 Å². The van der Waals surface area contributed by atoms with E-state index in [1.165, 1.54) is 0 Å². The number of Topliss-reactive ketones (excluding diaryl/α,β-unsaturated/α-hetero) is 1. The minimum atomic E-state index is -0.00787. The third kappa shape index (κ3) is 1.02. The summed E-state index contributed by atoms with van der Waals surface area (Å²) in [6.07, 6.45) is -0.00787. The van der Waals surface area contributed by atoms with Gasteiger partial charge in [-0.25, -0.2) is 0 Å². The van der Waals surface area contributed by atoms with E-state index in [0.717, 1.165) is 12.1 Å². The summed E-state index contributed by atoms with van der Waals surface area (Å²) in [6, 6.07) is 10.7. The molecule has 3 aliphatic rings. The fourth-order valence-corrected chi connectivity index (χ4v) is 3.19. The first-order valence-corrected chi connectivity index (χ1v) is 5.82. The molecule has 3 nitrogen and oxygen atoms in total. The normalized spacial score (nSPS) is 44.2. The summed E-state index contributed by atoms with van der Waals surface area (Å²) in [5.74, 6) is 0.484. The van der Waals surface area contributed by atoms with Gasteiger partial charge in [0.05, 0.1) is 24.7 Å². The third-order valence-corrected chi connectivity index (χ3v) is 4.05. The van der Waals surface area contributed by atoms with Gasteiger partial charge in [0.2, 0.25) is 0 Å². The summed E-state index contributed by atoms with van der Waals surface area (Å²) in [5, 5.41) is 0. The van der Waals surface area contributed by atoms with E-state index in [-0.39, 0.29) is 18.1 Å². The number of carbonyl (C=O) groups is 1. The SMILES string of the molecule is O=C1C2[C@@H](CO[C@H]2c2ccccc2)N2C[C@H]12. The summed E-state index contributed by atoms with van der Waals surface area (Å²) in [5.41, 5.74) is 1.14. The molecular formula is C13H13NO2. The van der Waals surface area contributed by atoms with E-state index < -0.39 is 0 Å². The van der Waals surface area contributed by atoms with E-state index in [4.69, 9.17) is 4.74 Å². The van der Waals surface area contributed by atoms with Crippen LogP contribution in [0.2, 0.25) is 0 Å². The predicted molar refractivity (Wildman–Crippen MR) is 57.9 cm³/mol. The van der Waals surface area contributed by atoms with Crippen LogP contribution in [0, 0.1) is 5.92 Å². The maximum Gasteiger partial charge on any atom is 0.158 e. The number of nitrogens with zero attached hydrogens (tertiary/aromatic N) is 1. The highest BCUT2D eigenvalue weighted by Gasteiger charge is 2.62. The summed E-state index contributed by atoms with van der Waals surface area (Å²) in [7, 11) is 0. The van der Waals surface area contributed by atoms with Crippen molar-refractivity contribution >= 4 is 5.78 Å². The fraction of sp³-hybridized carbons (Fsp3) is 0.462. The van der Waals surface area contributed by atoms with Gasteiger partial charge in [-0.2, -0.15) is 0 Å². The number of piperidine rings is 1. The van der Waals surface area contributed by atoms with Gasteiger partial charge in [0, 0.05) is 12.6 Å². The van der Waals surface area contributed by atoms with Crippen LogP contribution in [-0.4, -0.2) is 35.9 Å². The van der Waals surface area contributed by atoms with Crippen LogP contribution in [0.3, 0.4) is 0 Å². The van der Waals surface area contributed by atoms with Crippen molar-refractivity contribution in [1.82, 2.24) is 4.90 Å². The van der Waals surface area contributed by atoms with E-state index >= 15 is 0 Å². The quantitative estimate of drug-likeness (QED) is 0.655. The molecule has 3 saturated heterocycles. The number of hydrogen-bond donors (Lipinski definition) is 0. The van der Waals surface area contributed by atoms with Gasteiger partial charge in [-0.05, 0) is 5.56 Å². The molecule has 3 fully saturated rings. The fourth-order valence-electron chi connectivity index (χ4n) is 3.19. The first-order chi connectivity index (χ1) is 7.86. The summed E-state index contributed by atoms with van der Waals surface area (Å²) in [6.45, 7) is 1.68. The Balaban J connectivity index is 1.70. The molecule has 1 aromatic rings. The molecule has 0 bridgehead atoms. The molecule has 3 aliphatic heterocycles. The average Bonchev–Trinajstić information content (AvgIpc) is 2.92. The van der Waals surface area contributed by atoms with Crippen LogP contribution in [0.15, 0.2) is 30.3 Å². The van der Waals surface area contributed by atoms with Gasteiger partial charge < -0.3 is 4.74 Å². The Morgan fingerprint density at radius 2 is 2.06 bits per heavy atom. The molecule has 0 amide bonds. The van der Waals surface area contributed by atoms with Gasteiger partial charge in [0.15, 0.2) is 5.78 Å². The molecule has 0 saturated carbocycles. The third-order valence-electron chi connectivity index (χ3n) is 4.05. The summed E-state index contributed by atoms with van der Waals surface area (Å²) in [4.78, 5) is 14.4. The lowest BCUT2D eigenvalue weighted by Gasteiger charge is -2.17. The number of ketones is 1. The number of benzene rings is 1. The molecule has 0 N–H and O–H groups in total. The zero-order valence-electron chi connectivity index (χ0n) is 8.87. The zero-order valence-corrected chi connectivity index (χ0v) is 8.87. The molecule has 5 atom stereocenters. The Bertz CT molecular complexity index is 445. The topological polar surface area (TPSA) is 29.3 Å². The van der Waals surface area contributed by atoms with Gasteiger partial charge in [-0.15, -0.1) is 0 Å². The van der Waals surface area contributed by atoms with Crippen LogP contribution >= 0.6 is 0 Å². The van der Waals surface area contributed by atoms with Crippen LogP contribution in [0.25, 0.3) is 0 Å². The Kier molecular flexibility index (Phi) is 1.63. The highest BCUT2D eigenvalue weighted by atomic mass is 16.5. The monoisotopic (exact) mass is 215 g/mol. The van der Waals surface area contributed by atoms with Crippen LogP contribution < -0.4 is 0 Å². The smallest absolute Gasteiger partial charge is 0.158 e. The Morgan fingerprint density at radius 1 is 1.25 bits per heavy atom. The van der Waals surface area contributed by atoms with Gasteiger partial charge in [-0.1, -0.05) is 30.3 Å². The molecule has 16 heavy (non-hydrogen) atoms. The number of fused-ring (bicyclic) bond motifs is 3. The first kappa shape index (κ1) is 8.90. The maximum absolute atomic E-state index is 12.1. The van der Waals surface area contributed by atoms with Gasteiger partial charge in [0.25, 0.3) is 0 Å². The highest BCUT2D eigenvalue weighted by Crippen LogP contribution is 2.48. The van der Waals surface area contributed by atoms with E-state index in [2.05, 4.69) is 17.0 Å². The predicted octanol–water partition coefficient (Wildman–Crippen LogP) is 1.01. The van der Waals surface area contributed by atoms with Crippen LogP contribution in [-0.2, 0) is 9.53 Å². The van der Waals surface area contributed by atoms with E-state index in [9.17, 15) is 4.79 Å². The van der Waals surface area contributed by atoms with Gasteiger partial charge in [-0.3, -0.25) is 9.69 Å². The molecule has 0 spiro atoms. The molecule has 82 valence electrons. The lowest BCUT2D eigenvalue weighted by atomic mass is 9.89. The van der Waals surface area contributed by atoms with Crippen LogP contribution in [0.5, 0.6) is 0 Å². The molecule has 2 unspecified atom stereocenters. The first-order valence-electron chi connectivity index (χ1n) is 5.82. The van der Waals surface area contributed by atoms with Gasteiger partial charge >= 0.3 is 0 Å². The second kappa shape index (κ2) is 2.93. The van der Waals surface area contributed by atoms with Crippen molar-refractivity contribution in [1.29, 1.82) is 0 Å². The molecule has 4 rings (SSSR count). The molecule has 1 aromatic carbocycles. The molecule has 3 heteroatoms. The number of rotatable bonds is 1. The van der Waals surface area contributed by atoms with Gasteiger partial charge in [0.1, 0.15) is 0 Å². The van der Waals surface area contributed by atoms with Crippen molar-refractivity contribution in [3.8, 4) is 0 Å². The molecule has 3 heterocycles. The average molecular weight is 215 g/mol. The minimum Gasteiger partial charge on any atom is -0.371 e. The van der Waals surface area contributed by atoms with E-state index in [0.29, 0.717) is 18.4 Å². The van der Waals surface area contributed by atoms with Crippen molar-refractivity contribution in [2.75, 3.05) is 13.2 Å². The Labute approximate surface area is 94.0 Å². The van der Waals surface area contributed by atoms with Crippen molar-refractivity contribution in [3.05, 3.63) is 35.9 Å². The van der Waals surface area contributed by atoms with Crippen molar-refractivity contribution < 1.29 is 9.53 Å². The summed E-state index contributed by atoms with van der Waals surface area (Å²) < 4.78 is 5.81. The largest absolute Gasteiger partial charge is 0.371 e. The zero-order chi connectivity index (χ0) is 10.7. The standard InChI is InChI=1S/C13H13NO2/c15-12-9-6-14(9)10-7-16-13(11(10)12)8-4-2-1-3-5-8/h1-5,9-11,13H,6-7H2/t9-,10-,11?,13+,14?/m1/s1. The van der Waals surface area contributed by atoms with Crippen LogP contribution in [0.1, 0.15) is 11.7 Å². The van der Waals surface area contributed by atoms with Crippen molar-refractivity contribution in [2.24, 2.45) is 5.92 Å². The minimum absolute atomic E-state index is 0.00787. The molecule has 0 aliphatic carbocycles. The number of carbonyl (C=O) groups excluding carboxylic acids is 1. The van der Waals surface area contributed by atoms with Crippen LogP contribution in [0.4, 0.5) is 0 Å². The number of hydrogen-bond acceptors (Lipinski definition) is 3. The van der Waals surface area contributed by atoms with Crippen molar-refractivity contribution in [2.45, 2.75) is 18.2 Å². The molecule has 0 aromatic heterocycles. The Hall–Kier alpha value is -1.19. The lowest BCUT2D eigenvalue weighted by molar-refractivity contribution is -0.122. The summed E-state index contributed by atoms with van der Waals surface area (Å²) >= 11 is 0. The van der Waals surface area contributed by atoms with Crippen molar-refractivity contribution in [3.63, 3.8) is 0 Å². The number of ether oxygens (including phenoxy) is 1.